The molecule has 3 nitrogen and oxygen atoms in total. The molecule has 0 heterocycles. The van der Waals surface area contributed by atoms with Gasteiger partial charge in [-0.15, -0.1) is 0 Å². The van der Waals surface area contributed by atoms with Crippen LogP contribution in [-0.4, -0.2) is 24.7 Å². The van der Waals surface area contributed by atoms with Crippen molar-refractivity contribution in [3.63, 3.8) is 0 Å². The van der Waals surface area contributed by atoms with E-state index in [0.717, 1.165) is 12.8 Å². The Hall–Kier alpha value is -0.570. The van der Waals surface area contributed by atoms with E-state index in [1.165, 1.54) is 0 Å². The number of hydrogen-bond acceptors (Lipinski definition) is 2. The van der Waals surface area contributed by atoms with E-state index in [4.69, 9.17) is 5.11 Å². The zero-order chi connectivity index (χ0) is 6.24. The van der Waals surface area contributed by atoms with Gasteiger partial charge in [-0.1, -0.05) is 0 Å². The highest BCUT2D eigenvalue weighted by Crippen LogP contribution is 1.81. The Morgan fingerprint density at radius 3 is 2.75 bits per heavy atom. The number of unbranched alkanes of at least 4 members (excludes halogenated alkanes) is 1. The van der Waals surface area contributed by atoms with Crippen molar-refractivity contribution in [3.8, 4) is 0 Å². The van der Waals surface area contributed by atoms with Crippen molar-refractivity contribution in [3.05, 3.63) is 0 Å². The van der Waals surface area contributed by atoms with Crippen molar-refractivity contribution in [2.24, 2.45) is 0 Å². The Bertz CT molecular complexity index is 56.4. The number of hydrogen-bond donors (Lipinski definition) is 2. The SMILES string of the molecule is O=[C]NCCCCO. The zero-order valence-corrected chi connectivity index (χ0v) is 4.68. The number of aliphatic hydroxyl groups excluding tert-OH is 1. The summed E-state index contributed by atoms with van der Waals surface area (Å²) in [7, 11) is 0. The lowest BCUT2D eigenvalue weighted by atomic mass is 10.3. The van der Waals surface area contributed by atoms with E-state index >= 15 is 0 Å². The fraction of sp³-hybridized carbons (Fsp3) is 0.800. The lowest BCUT2D eigenvalue weighted by Gasteiger charge is -1.92. The average Bonchev–Trinajstić information content (AvgIpc) is 1.81. The van der Waals surface area contributed by atoms with Crippen LogP contribution in [0.1, 0.15) is 12.8 Å². The molecular formula is C5H10NO2. The monoisotopic (exact) mass is 116 g/mol. The van der Waals surface area contributed by atoms with Gasteiger partial charge in [0.1, 0.15) is 0 Å². The molecule has 0 aromatic rings. The number of amides is 1. The highest BCUT2D eigenvalue weighted by atomic mass is 16.2. The molecule has 8 heavy (non-hydrogen) atoms. The molecule has 0 rings (SSSR count). The molecule has 0 spiro atoms. The average molecular weight is 116 g/mol. The Balaban J connectivity index is 2.62. The van der Waals surface area contributed by atoms with Crippen LogP contribution in [0.5, 0.6) is 0 Å². The Kier molecular flexibility index (Phi) is 5.97. The van der Waals surface area contributed by atoms with Gasteiger partial charge in [0, 0.05) is 13.2 Å². The molecule has 47 valence electrons. The fourth-order valence-corrected chi connectivity index (χ4v) is 0.376. The maximum atomic E-state index is 9.47. The van der Waals surface area contributed by atoms with Gasteiger partial charge in [0.05, 0.1) is 0 Å². The largest absolute Gasteiger partial charge is 0.396 e. The molecule has 0 saturated carbocycles. The fourth-order valence-electron chi connectivity index (χ4n) is 0.376. The molecule has 1 amide bonds. The summed E-state index contributed by atoms with van der Waals surface area (Å²) in [5, 5.41) is 10.6. The van der Waals surface area contributed by atoms with E-state index < -0.39 is 0 Å². The molecule has 0 atom stereocenters. The van der Waals surface area contributed by atoms with Gasteiger partial charge in [-0.3, -0.25) is 4.79 Å². The van der Waals surface area contributed by atoms with Crippen LogP contribution in [0, 0.1) is 0 Å². The predicted octanol–water partition coefficient (Wildman–Crippen LogP) is -0.584. The van der Waals surface area contributed by atoms with Crippen LogP contribution in [0.3, 0.4) is 0 Å². The maximum Gasteiger partial charge on any atom is 0.309 e. The minimum atomic E-state index is 0.195. The van der Waals surface area contributed by atoms with Gasteiger partial charge in [-0.2, -0.15) is 0 Å². The molecule has 0 bridgehead atoms. The van der Waals surface area contributed by atoms with Crippen LogP contribution in [-0.2, 0) is 4.79 Å². The summed E-state index contributed by atoms with van der Waals surface area (Å²) >= 11 is 0. The molecule has 1 radical (unpaired) electrons. The first-order valence-electron chi connectivity index (χ1n) is 2.62. The van der Waals surface area contributed by atoms with E-state index in [9.17, 15) is 4.79 Å². The van der Waals surface area contributed by atoms with Crippen LogP contribution in [0.2, 0.25) is 0 Å². The standard InChI is InChI=1S/C5H10NO2/c7-4-2-1-3-6-5-8/h7H,1-4H2,(H,6,8). The van der Waals surface area contributed by atoms with Crippen molar-refractivity contribution in [2.45, 2.75) is 12.8 Å². The molecule has 0 unspecified atom stereocenters. The third-order valence-corrected chi connectivity index (χ3v) is 0.782. The first-order valence-corrected chi connectivity index (χ1v) is 2.62. The summed E-state index contributed by atoms with van der Waals surface area (Å²) < 4.78 is 0. The summed E-state index contributed by atoms with van der Waals surface area (Å²) in [6.07, 6.45) is 3.11. The summed E-state index contributed by atoms with van der Waals surface area (Å²) in [4.78, 5) is 9.47. The lowest BCUT2D eigenvalue weighted by molar-refractivity contribution is 0.284. The van der Waals surface area contributed by atoms with Crippen molar-refractivity contribution in [1.82, 2.24) is 5.32 Å². The lowest BCUT2D eigenvalue weighted by Crippen LogP contribution is -2.11. The van der Waals surface area contributed by atoms with Gasteiger partial charge in [0.15, 0.2) is 0 Å². The molecule has 0 fully saturated rings. The molecule has 0 aromatic heterocycles. The minimum Gasteiger partial charge on any atom is -0.396 e. The highest BCUT2D eigenvalue weighted by Gasteiger charge is 1.82. The molecule has 0 aliphatic carbocycles. The quantitative estimate of drug-likeness (QED) is 0.373. The Labute approximate surface area is 48.7 Å². The smallest absolute Gasteiger partial charge is 0.309 e. The van der Waals surface area contributed by atoms with Gasteiger partial charge < -0.3 is 10.4 Å². The molecule has 0 aromatic carbocycles. The van der Waals surface area contributed by atoms with Crippen molar-refractivity contribution in [1.29, 1.82) is 0 Å². The summed E-state index contributed by atoms with van der Waals surface area (Å²) in [6, 6.07) is 0. The van der Waals surface area contributed by atoms with Crippen LogP contribution in [0.15, 0.2) is 0 Å². The van der Waals surface area contributed by atoms with E-state index in [0.29, 0.717) is 6.54 Å². The van der Waals surface area contributed by atoms with E-state index in [-0.39, 0.29) is 6.61 Å². The second-order valence-electron chi connectivity index (χ2n) is 1.46. The topological polar surface area (TPSA) is 49.3 Å². The summed E-state index contributed by atoms with van der Waals surface area (Å²) in [5.74, 6) is 0. The van der Waals surface area contributed by atoms with Crippen molar-refractivity contribution < 1.29 is 9.90 Å². The van der Waals surface area contributed by atoms with Gasteiger partial charge in [0.25, 0.3) is 0 Å². The summed E-state index contributed by atoms with van der Waals surface area (Å²) in [6.45, 7) is 0.810. The molecular weight excluding hydrogens is 106 g/mol. The summed E-state index contributed by atoms with van der Waals surface area (Å²) in [5.41, 5.74) is 0. The second-order valence-corrected chi connectivity index (χ2v) is 1.46. The first kappa shape index (κ1) is 7.43. The van der Waals surface area contributed by atoms with Gasteiger partial charge in [-0.05, 0) is 12.8 Å². The minimum absolute atomic E-state index is 0.195. The molecule has 2 N–H and O–H groups in total. The normalized spacial score (nSPS) is 8.62. The van der Waals surface area contributed by atoms with Crippen LogP contribution in [0.4, 0.5) is 0 Å². The maximum absolute atomic E-state index is 9.47. The highest BCUT2D eigenvalue weighted by molar-refractivity contribution is 5.46. The van der Waals surface area contributed by atoms with Crippen LogP contribution >= 0.6 is 0 Å². The van der Waals surface area contributed by atoms with Crippen molar-refractivity contribution >= 4 is 6.41 Å². The van der Waals surface area contributed by atoms with E-state index in [1.54, 1.807) is 6.41 Å². The zero-order valence-electron chi connectivity index (χ0n) is 4.68. The van der Waals surface area contributed by atoms with Crippen LogP contribution in [0.25, 0.3) is 0 Å². The van der Waals surface area contributed by atoms with Gasteiger partial charge in [-0.25, -0.2) is 0 Å². The number of aliphatic hydroxyl groups is 1. The van der Waals surface area contributed by atoms with E-state index in [2.05, 4.69) is 5.32 Å². The number of rotatable bonds is 5. The molecule has 3 heteroatoms. The second kappa shape index (κ2) is 6.43. The number of carbonyl (C=O) groups excluding carboxylic acids is 1. The number of nitrogens with one attached hydrogen (secondary N) is 1. The van der Waals surface area contributed by atoms with Gasteiger partial charge in [0.2, 0.25) is 0 Å². The Morgan fingerprint density at radius 2 is 2.25 bits per heavy atom. The Morgan fingerprint density at radius 1 is 1.50 bits per heavy atom. The molecule has 0 aliphatic rings. The third-order valence-electron chi connectivity index (χ3n) is 0.782. The van der Waals surface area contributed by atoms with E-state index in [1.807, 2.05) is 0 Å². The van der Waals surface area contributed by atoms with Crippen LogP contribution < -0.4 is 5.32 Å². The molecule has 0 saturated heterocycles. The molecule has 0 aliphatic heterocycles. The first-order chi connectivity index (χ1) is 3.91. The predicted molar refractivity (Wildman–Crippen MR) is 30.0 cm³/mol. The van der Waals surface area contributed by atoms with Crippen molar-refractivity contribution in [2.75, 3.05) is 13.2 Å². The van der Waals surface area contributed by atoms with Gasteiger partial charge >= 0.3 is 6.41 Å². The third kappa shape index (κ3) is 5.43.